The Morgan fingerprint density at radius 2 is 2.20 bits per heavy atom. The predicted octanol–water partition coefficient (Wildman–Crippen LogP) is 1.08. The smallest absolute Gasteiger partial charge is 0.0728 e. The molecule has 0 aromatic heterocycles. The summed E-state index contributed by atoms with van der Waals surface area (Å²) in [7, 11) is 2.22. The van der Waals surface area contributed by atoms with E-state index < -0.39 is 0 Å². The topological polar surface area (TPSA) is 0 Å². The van der Waals surface area contributed by atoms with Crippen LogP contribution in [0.3, 0.4) is 0 Å². The van der Waals surface area contributed by atoms with Gasteiger partial charge in [0.25, 0.3) is 0 Å². The lowest BCUT2D eigenvalue weighted by Gasteiger charge is -1.90. The number of hydrogen-bond acceptors (Lipinski definition) is 0. The molecule has 0 radical (unpaired) electrons. The van der Waals surface area contributed by atoms with E-state index >= 15 is 0 Å². The Morgan fingerprint density at radius 1 is 2.00 bits per heavy atom. The molecule has 0 heterocycles. The minimum atomic E-state index is 0. The average molecular weight is 72.0 g/mol. The second-order valence-corrected chi connectivity index (χ2v) is 1.80. The van der Waals surface area contributed by atoms with Crippen LogP contribution in [0.5, 0.6) is 0 Å². The molecule has 0 spiro atoms. The van der Waals surface area contributed by atoms with Gasteiger partial charge in [-0.25, -0.2) is 0 Å². The first kappa shape index (κ1) is 5.06. The lowest BCUT2D eigenvalue weighted by atomic mass is 9.88. The van der Waals surface area contributed by atoms with E-state index in [2.05, 4.69) is 21.7 Å². The Kier molecular flexibility index (Phi) is 2.34. The SMILES string of the molecule is BC(C)CC.[HH]. The molecule has 0 fully saturated rings. The zero-order valence-corrected chi connectivity index (χ0v) is 4.28. The van der Waals surface area contributed by atoms with Crippen LogP contribution in [0.15, 0.2) is 0 Å². The van der Waals surface area contributed by atoms with E-state index in [4.69, 9.17) is 0 Å². The Labute approximate surface area is 36.5 Å². The average Bonchev–Trinajstić information content (AvgIpc) is 1.38. The van der Waals surface area contributed by atoms with Crippen molar-refractivity contribution in [1.29, 1.82) is 0 Å². The van der Waals surface area contributed by atoms with Gasteiger partial charge in [-0.05, 0) is 0 Å². The van der Waals surface area contributed by atoms with Crippen molar-refractivity contribution in [3.05, 3.63) is 0 Å². The molecule has 0 aliphatic rings. The highest BCUT2D eigenvalue weighted by Crippen LogP contribution is 1.97. The van der Waals surface area contributed by atoms with Crippen LogP contribution in [-0.2, 0) is 0 Å². The van der Waals surface area contributed by atoms with Crippen LogP contribution in [0.25, 0.3) is 0 Å². The lowest BCUT2D eigenvalue weighted by molar-refractivity contribution is 0.880. The highest BCUT2D eigenvalue weighted by molar-refractivity contribution is 6.11. The van der Waals surface area contributed by atoms with Gasteiger partial charge in [0, 0.05) is 1.43 Å². The molecule has 0 nitrogen and oxygen atoms in total. The summed E-state index contributed by atoms with van der Waals surface area (Å²) in [4.78, 5) is 0. The molecule has 0 bridgehead atoms. The van der Waals surface area contributed by atoms with Crippen molar-refractivity contribution in [1.82, 2.24) is 0 Å². The normalized spacial score (nSPS) is 14.8. The summed E-state index contributed by atoms with van der Waals surface area (Å²) in [6, 6.07) is 0. The van der Waals surface area contributed by atoms with E-state index in [1.165, 1.54) is 6.42 Å². The van der Waals surface area contributed by atoms with Gasteiger partial charge in [-0.15, -0.1) is 0 Å². The zero-order valence-electron chi connectivity index (χ0n) is 4.28. The monoisotopic (exact) mass is 72.1 g/mol. The molecule has 5 heavy (non-hydrogen) atoms. The maximum Gasteiger partial charge on any atom is 0.105 e. The third-order valence-corrected chi connectivity index (χ3v) is 0.816. The molecular formula is C4H13B. The predicted molar refractivity (Wildman–Crippen MR) is 30.4 cm³/mol. The van der Waals surface area contributed by atoms with Crippen LogP contribution in [0.4, 0.5) is 0 Å². The van der Waals surface area contributed by atoms with Gasteiger partial charge in [0.05, 0.1) is 0 Å². The number of rotatable bonds is 1. The van der Waals surface area contributed by atoms with E-state index in [9.17, 15) is 0 Å². The maximum absolute atomic E-state index is 2.22. The molecule has 0 saturated heterocycles. The van der Waals surface area contributed by atoms with Crippen LogP contribution in [0.2, 0.25) is 5.82 Å². The molecule has 0 aromatic carbocycles. The van der Waals surface area contributed by atoms with Gasteiger partial charge in [-0.1, -0.05) is 26.1 Å². The van der Waals surface area contributed by atoms with Crippen molar-refractivity contribution in [2.24, 2.45) is 0 Å². The Hall–Kier alpha value is 0.0649. The molecule has 0 saturated carbocycles. The fraction of sp³-hybridized carbons (Fsp3) is 1.00. The summed E-state index contributed by atoms with van der Waals surface area (Å²) in [6.45, 7) is 4.42. The minimum Gasteiger partial charge on any atom is -0.0728 e. The van der Waals surface area contributed by atoms with Crippen molar-refractivity contribution in [3.63, 3.8) is 0 Å². The molecule has 0 aliphatic carbocycles. The fourth-order valence-electron chi connectivity index (χ4n) is 0. The van der Waals surface area contributed by atoms with Gasteiger partial charge in [0.1, 0.15) is 7.85 Å². The molecule has 0 amide bonds. The number of hydrogen-bond donors (Lipinski definition) is 0. The standard InChI is InChI=1S/C4H11B.H2/c1-3-4(2)5;/h4H,3,5H2,1-2H3;1H. The Bertz CT molecular complexity index is 21.5. The lowest BCUT2D eigenvalue weighted by Crippen LogP contribution is -1.76. The van der Waals surface area contributed by atoms with Gasteiger partial charge in [-0.3, -0.25) is 0 Å². The molecule has 0 aromatic rings. The van der Waals surface area contributed by atoms with Gasteiger partial charge in [0.2, 0.25) is 0 Å². The van der Waals surface area contributed by atoms with E-state index in [-0.39, 0.29) is 1.43 Å². The first-order chi connectivity index (χ1) is 2.27. The van der Waals surface area contributed by atoms with Gasteiger partial charge in [0.15, 0.2) is 0 Å². The maximum atomic E-state index is 2.22. The van der Waals surface area contributed by atoms with Crippen LogP contribution in [0.1, 0.15) is 21.7 Å². The van der Waals surface area contributed by atoms with Gasteiger partial charge < -0.3 is 0 Å². The second kappa shape index (κ2) is 2.31. The first-order valence-electron chi connectivity index (χ1n) is 2.27. The third kappa shape index (κ3) is 4.06. The fourth-order valence-corrected chi connectivity index (χ4v) is 0. The first-order valence-corrected chi connectivity index (χ1v) is 2.27. The second-order valence-electron chi connectivity index (χ2n) is 1.80. The van der Waals surface area contributed by atoms with Crippen LogP contribution in [0, 0.1) is 0 Å². The molecule has 0 rings (SSSR count). The van der Waals surface area contributed by atoms with E-state index in [1.54, 1.807) is 0 Å². The summed E-state index contributed by atoms with van der Waals surface area (Å²) in [5.41, 5.74) is 0. The van der Waals surface area contributed by atoms with Crippen LogP contribution in [-0.4, -0.2) is 7.85 Å². The highest BCUT2D eigenvalue weighted by atomic mass is 13.8. The van der Waals surface area contributed by atoms with Crippen LogP contribution >= 0.6 is 0 Å². The molecule has 1 heteroatoms. The van der Waals surface area contributed by atoms with Crippen LogP contribution < -0.4 is 0 Å². The van der Waals surface area contributed by atoms with Crippen molar-refractivity contribution in [2.45, 2.75) is 26.1 Å². The van der Waals surface area contributed by atoms with E-state index in [0.717, 1.165) is 5.82 Å². The molecule has 1 atom stereocenters. The molecule has 0 N–H and O–H groups in total. The van der Waals surface area contributed by atoms with Crippen molar-refractivity contribution < 1.29 is 1.43 Å². The summed E-state index contributed by atoms with van der Waals surface area (Å²) in [5.74, 6) is 0.884. The molecule has 0 aliphatic heterocycles. The summed E-state index contributed by atoms with van der Waals surface area (Å²) in [6.07, 6.45) is 1.31. The molecule has 32 valence electrons. The van der Waals surface area contributed by atoms with E-state index in [0.29, 0.717) is 0 Å². The van der Waals surface area contributed by atoms with E-state index in [1.807, 2.05) is 0 Å². The zero-order chi connectivity index (χ0) is 4.28. The molecular weight excluding hydrogens is 58.9 g/mol. The Morgan fingerprint density at radius 3 is 2.20 bits per heavy atom. The Balaban J connectivity index is 0. The third-order valence-electron chi connectivity index (χ3n) is 0.816. The van der Waals surface area contributed by atoms with Crippen molar-refractivity contribution in [2.75, 3.05) is 0 Å². The summed E-state index contributed by atoms with van der Waals surface area (Å²) < 4.78 is 0. The largest absolute Gasteiger partial charge is 0.105 e. The highest BCUT2D eigenvalue weighted by Gasteiger charge is 1.80. The quantitative estimate of drug-likeness (QED) is 0.406. The molecule has 1 unspecified atom stereocenters. The van der Waals surface area contributed by atoms with Crippen molar-refractivity contribution >= 4 is 7.85 Å². The van der Waals surface area contributed by atoms with Gasteiger partial charge >= 0.3 is 0 Å². The summed E-state index contributed by atoms with van der Waals surface area (Å²) >= 11 is 0. The van der Waals surface area contributed by atoms with Crippen molar-refractivity contribution in [3.8, 4) is 0 Å². The van der Waals surface area contributed by atoms with Gasteiger partial charge in [-0.2, -0.15) is 0 Å². The minimum absolute atomic E-state index is 0. The summed E-state index contributed by atoms with van der Waals surface area (Å²) in [5, 5.41) is 0.